The van der Waals surface area contributed by atoms with E-state index in [2.05, 4.69) is 60.1 Å². The topological polar surface area (TPSA) is 15.3 Å². The lowest BCUT2D eigenvalue weighted by molar-refractivity contribution is 0.155. The van der Waals surface area contributed by atoms with Crippen LogP contribution in [0.25, 0.3) is 0 Å². The second-order valence-electron chi connectivity index (χ2n) is 6.10. The number of benzene rings is 1. The normalized spacial score (nSPS) is 27.1. The molecule has 0 bridgehead atoms. The molecule has 1 fully saturated rings. The summed E-state index contributed by atoms with van der Waals surface area (Å²) in [5.74, 6) is 0. The maximum Gasteiger partial charge on any atom is 0.0263 e. The van der Waals surface area contributed by atoms with Crippen LogP contribution in [0.5, 0.6) is 0 Å². The van der Waals surface area contributed by atoms with Gasteiger partial charge in [-0.3, -0.25) is 4.90 Å². The van der Waals surface area contributed by atoms with Crippen molar-refractivity contribution < 1.29 is 0 Å². The van der Waals surface area contributed by atoms with Crippen molar-refractivity contribution in [1.82, 2.24) is 10.2 Å². The molecular formula is C15H22N2S. The molecule has 1 atom stereocenters. The van der Waals surface area contributed by atoms with E-state index in [9.17, 15) is 0 Å². The van der Waals surface area contributed by atoms with E-state index in [0.717, 1.165) is 11.8 Å². The molecule has 3 rings (SSSR count). The molecule has 1 saturated heterocycles. The van der Waals surface area contributed by atoms with Crippen molar-refractivity contribution in [1.29, 1.82) is 0 Å². The molecule has 98 valence electrons. The van der Waals surface area contributed by atoms with Crippen LogP contribution >= 0.6 is 11.8 Å². The van der Waals surface area contributed by atoms with Crippen LogP contribution < -0.4 is 5.32 Å². The maximum atomic E-state index is 3.58. The fourth-order valence-corrected chi connectivity index (χ4v) is 4.41. The molecular weight excluding hydrogens is 240 g/mol. The quantitative estimate of drug-likeness (QED) is 0.881. The Morgan fingerprint density at radius 2 is 2.22 bits per heavy atom. The van der Waals surface area contributed by atoms with E-state index in [1.165, 1.54) is 31.0 Å². The highest BCUT2D eigenvalue weighted by atomic mass is 32.2. The van der Waals surface area contributed by atoms with Gasteiger partial charge in [-0.05, 0) is 31.9 Å². The number of hydrogen-bond donors (Lipinski definition) is 1. The number of thioether (sulfide) groups is 1. The zero-order valence-electron chi connectivity index (χ0n) is 11.3. The van der Waals surface area contributed by atoms with Gasteiger partial charge in [0.2, 0.25) is 0 Å². The standard InChI is InChI=1S/C15H22N2S/c1-15(2)11-17(8-7-16-15)10-13-9-12-5-3-4-6-14(12)18-13/h3-6,13,16H,7-11H2,1-2H3. The van der Waals surface area contributed by atoms with Gasteiger partial charge in [0.05, 0.1) is 0 Å². The van der Waals surface area contributed by atoms with Gasteiger partial charge in [0.15, 0.2) is 0 Å². The molecule has 2 aliphatic rings. The molecule has 2 aliphatic heterocycles. The molecule has 1 unspecified atom stereocenters. The minimum atomic E-state index is 0.272. The lowest BCUT2D eigenvalue weighted by Crippen LogP contribution is -2.57. The maximum absolute atomic E-state index is 3.58. The predicted molar refractivity (Wildman–Crippen MR) is 78.3 cm³/mol. The average Bonchev–Trinajstić information content (AvgIpc) is 2.69. The van der Waals surface area contributed by atoms with Crippen molar-refractivity contribution in [3.8, 4) is 0 Å². The van der Waals surface area contributed by atoms with Crippen molar-refractivity contribution in [2.75, 3.05) is 26.2 Å². The molecule has 1 N–H and O–H groups in total. The molecule has 18 heavy (non-hydrogen) atoms. The molecule has 0 aromatic heterocycles. The molecule has 3 heteroatoms. The van der Waals surface area contributed by atoms with Gasteiger partial charge >= 0.3 is 0 Å². The summed E-state index contributed by atoms with van der Waals surface area (Å²) >= 11 is 2.07. The number of nitrogens with one attached hydrogen (secondary N) is 1. The minimum absolute atomic E-state index is 0.272. The van der Waals surface area contributed by atoms with E-state index in [1.54, 1.807) is 5.56 Å². The summed E-state index contributed by atoms with van der Waals surface area (Å²) in [7, 11) is 0. The molecule has 0 radical (unpaired) electrons. The van der Waals surface area contributed by atoms with Crippen LogP contribution in [0.3, 0.4) is 0 Å². The van der Waals surface area contributed by atoms with Crippen LogP contribution in [0, 0.1) is 0 Å². The van der Waals surface area contributed by atoms with E-state index < -0.39 is 0 Å². The first kappa shape index (κ1) is 12.5. The summed E-state index contributed by atoms with van der Waals surface area (Å²) in [5, 5.41) is 4.33. The Hall–Kier alpha value is -0.510. The molecule has 0 saturated carbocycles. The highest BCUT2D eigenvalue weighted by molar-refractivity contribution is 8.00. The van der Waals surface area contributed by atoms with Crippen molar-refractivity contribution in [3.63, 3.8) is 0 Å². The first-order valence-electron chi connectivity index (χ1n) is 6.84. The van der Waals surface area contributed by atoms with E-state index >= 15 is 0 Å². The smallest absolute Gasteiger partial charge is 0.0263 e. The number of piperazine rings is 1. The zero-order chi connectivity index (χ0) is 12.6. The van der Waals surface area contributed by atoms with Gasteiger partial charge in [0.25, 0.3) is 0 Å². The summed E-state index contributed by atoms with van der Waals surface area (Å²) in [6, 6.07) is 8.86. The van der Waals surface area contributed by atoms with Crippen molar-refractivity contribution in [3.05, 3.63) is 29.8 Å². The largest absolute Gasteiger partial charge is 0.309 e. The van der Waals surface area contributed by atoms with Crippen molar-refractivity contribution in [2.24, 2.45) is 0 Å². The highest BCUT2D eigenvalue weighted by Gasteiger charge is 2.29. The van der Waals surface area contributed by atoms with Gasteiger partial charge in [-0.15, -0.1) is 11.8 Å². The molecule has 1 aromatic carbocycles. The Balaban J connectivity index is 1.59. The van der Waals surface area contributed by atoms with Crippen molar-refractivity contribution >= 4 is 11.8 Å². The van der Waals surface area contributed by atoms with Gasteiger partial charge < -0.3 is 5.32 Å². The molecule has 0 amide bonds. The summed E-state index contributed by atoms with van der Waals surface area (Å²) in [4.78, 5) is 4.12. The Morgan fingerprint density at radius 1 is 1.39 bits per heavy atom. The Morgan fingerprint density at radius 3 is 3.00 bits per heavy atom. The fourth-order valence-electron chi connectivity index (χ4n) is 3.05. The summed E-state index contributed by atoms with van der Waals surface area (Å²) in [6.07, 6.45) is 1.24. The Labute approximate surface area is 114 Å². The van der Waals surface area contributed by atoms with Crippen LogP contribution in [-0.4, -0.2) is 41.9 Å². The first-order chi connectivity index (χ1) is 8.62. The van der Waals surface area contributed by atoms with Gasteiger partial charge in [-0.1, -0.05) is 18.2 Å². The van der Waals surface area contributed by atoms with Gasteiger partial charge in [0, 0.05) is 41.9 Å². The summed E-state index contributed by atoms with van der Waals surface area (Å²) in [5.41, 5.74) is 1.82. The predicted octanol–water partition coefficient (Wildman–Crippen LogP) is 2.39. The second-order valence-corrected chi connectivity index (χ2v) is 7.44. The third-order valence-electron chi connectivity index (χ3n) is 3.83. The number of hydrogen-bond acceptors (Lipinski definition) is 3. The van der Waals surface area contributed by atoms with Crippen LogP contribution in [0.15, 0.2) is 29.2 Å². The van der Waals surface area contributed by atoms with Crippen LogP contribution in [0.4, 0.5) is 0 Å². The lowest BCUT2D eigenvalue weighted by atomic mass is 10.0. The molecule has 2 heterocycles. The van der Waals surface area contributed by atoms with Gasteiger partial charge in [-0.25, -0.2) is 0 Å². The van der Waals surface area contributed by atoms with Crippen LogP contribution in [-0.2, 0) is 6.42 Å². The van der Waals surface area contributed by atoms with Gasteiger partial charge in [0.1, 0.15) is 0 Å². The number of rotatable bonds is 2. The average molecular weight is 262 g/mol. The number of fused-ring (bicyclic) bond motifs is 1. The minimum Gasteiger partial charge on any atom is -0.309 e. The third-order valence-corrected chi connectivity index (χ3v) is 5.13. The monoisotopic (exact) mass is 262 g/mol. The third kappa shape index (κ3) is 2.73. The first-order valence-corrected chi connectivity index (χ1v) is 7.72. The van der Waals surface area contributed by atoms with Crippen LogP contribution in [0.2, 0.25) is 0 Å². The molecule has 2 nitrogen and oxygen atoms in total. The van der Waals surface area contributed by atoms with E-state index in [0.29, 0.717) is 0 Å². The second kappa shape index (κ2) is 4.87. The van der Waals surface area contributed by atoms with E-state index in [-0.39, 0.29) is 5.54 Å². The molecule has 0 aliphatic carbocycles. The SMILES string of the molecule is CC1(C)CN(CC2Cc3ccccc3S2)CCN1. The van der Waals surface area contributed by atoms with E-state index in [4.69, 9.17) is 0 Å². The summed E-state index contributed by atoms with van der Waals surface area (Å²) < 4.78 is 0. The summed E-state index contributed by atoms with van der Waals surface area (Å²) in [6.45, 7) is 9.31. The zero-order valence-corrected chi connectivity index (χ0v) is 12.1. The van der Waals surface area contributed by atoms with Gasteiger partial charge in [-0.2, -0.15) is 0 Å². The lowest BCUT2D eigenvalue weighted by Gasteiger charge is -2.40. The van der Waals surface area contributed by atoms with Crippen molar-refractivity contribution in [2.45, 2.75) is 36.0 Å². The van der Waals surface area contributed by atoms with Crippen LogP contribution in [0.1, 0.15) is 19.4 Å². The number of nitrogens with zero attached hydrogens (tertiary/aromatic N) is 1. The Kier molecular flexibility index (Phi) is 3.39. The van der Waals surface area contributed by atoms with E-state index in [1.807, 2.05) is 0 Å². The Bertz CT molecular complexity index is 405. The highest BCUT2D eigenvalue weighted by Crippen LogP contribution is 2.37. The molecule has 1 aromatic rings. The fraction of sp³-hybridized carbons (Fsp3) is 0.600. The molecule has 0 spiro atoms.